The first-order chi connectivity index (χ1) is 30.2. The quantitative estimate of drug-likeness (QED) is 0.132. The fraction of sp³-hybridized carbons (Fsp3) is 0. The van der Waals surface area contributed by atoms with E-state index in [0.29, 0.717) is 28.2 Å². The Morgan fingerprint density at radius 3 is 1.69 bits per heavy atom. The number of pyridine rings is 2. The highest BCUT2D eigenvalue weighted by molar-refractivity contribution is 6.33. The van der Waals surface area contributed by atoms with Gasteiger partial charge in [0.05, 0.1) is 56.6 Å². The Hall–Kier alpha value is -8.78. The average Bonchev–Trinajstić information content (AvgIpc) is 3.97. The first-order valence-corrected chi connectivity index (χ1v) is 20.1. The number of nitrogens with zero attached hydrogens (tertiary/aromatic N) is 6. The molecule has 0 N–H and O–H groups in total. The molecule has 0 radical (unpaired) electrons. The van der Waals surface area contributed by atoms with Gasteiger partial charge < -0.3 is 13.6 Å². The zero-order valence-electron chi connectivity index (χ0n) is 32.3. The largest absolute Gasteiger partial charge is 0.456 e. The lowest BCUT2D eigenvalue weighted by atomic mass is 9.88. The number of aromatic nitrogens is 4. The summed E-state index contributed by atoms with van der Waals surface area (Å²) in [7, 11) is 0. The summed E-state index contributed by atoms with van der Waals surface area (Å²) in [5.74, 6) is 0. The van der Waals surface area contributed by atoms with E-state index >= 15 is 0 Å². The van der Waals surface area contributed by atoms with Gasteiger partial charge in [0.15, 0.2) is 0 Å². The van der Waals surface area contributed by atoms with Crippen LogP contribution in [-0.4, -0.2) is 19.1 Å². The van der Waals surface area contributed by atoms with Crippen LogP contribution in [0.15, 0.2) is 175 Å². The van der Waals surface area contributed by atoms with Gasteiger partial charge in [0, 0.05) is 72.7 Å². The fourth-order valence-electron chi connectivity index (χ4n) is 10.0. The molecule has 0 saturated carbocycles. The Morgan fingerprint density at radius 1 is 0.492 bits per heavy atom. The van der Waals surface area contributed by atoms with Crippen LogP contribution in [0.25, 0.3) is 126 Å². The van der Waals surface area contributed by atoms with Crippen molar-refractivity contribution in [1.82, 2.24) is 19.1 Å². The van der Waals surface area contributed by atoms with E-state index in [1.807, 2.05) is 109 Å². The number of benzene rings is 8. The summed E-state index contributed by atoms with van der Waals surface area (Å²) in [6.45, 7) is 9.14. The minimum absolute atomic E-state index is 0.373. The van der Waals surface area contributed by atoms with Crippen molar-refractivity contribution in [2.75, 3.05) is 0 Å². The molecule has 13 aromatic rings. The Labute approximate surface area is 347 Å². The van der Waals surface area contributed by atoms with Crippen LogP contribution in [0.2, 0.25) is 0 Å². The number of nitriles is 1. The molecule has 0 aliphatic heterocycles. The SMILES string of the molecule is [C-]#[N+]c1c(-c2ccccc2)c(C#N)c(-n2c3ccccc3c3cc4c(cc32)oc2ccccc24)c(-c2ccccc2)c1-n1c2ccnc3c4ccccc4c4nccc1c4c32. The van der Waals surface area contributed by atoms with Crippen LogP contribution in [0.1, 0.15) is 5.56 Å². The third-order valence-corrected chi connectivity index (χ3v) is 12.4. The van der Waals surface area contributed by atoms with Crippen LogP contribution in [0, 0.1) is 17.9 Å². The molecule has 5 heterocycles. The summed E-state index contributed by atoms with van der Waals surface area (Å²) in [4.78, 5) is 14.4. The van der Waals surface area contributed by atoms with Crippen LogP contribution in [-0.2, 0) is 0 Å². The van der Waals surface area contributed by atoms with E-state index in [-0.39, 0.29) is 0 Å². The van der Waals surface area contributed by atoms with Gasteiger partial charge in [-0.1, -0.05) is 121 Å². The molecule has 8 aromatic carbocycles. The van der Waals surface area contributed by atoms with Gasteiger partial charge in [-0.2, -0.15) is 5.26 Å². The maximum atomic E-state index is 11.7. The Morgan fingerprint density at radius 2 is 1.05 bits per heavy atom. The maximum absolute atomic E-state index is 11.7. The van der Waals surface area contributed by atoms with E-state index < -0.39 is 0 Å². The number of hydrogen-bond acceptors (Lipinski definition) is 4. The van der Waals surface area contributed by atoms with Crippen molar-refractivity contribution in [3.63, 3.8) is 0 Å². The predicted octanol–water partition coefficient (Wildman–Crippen LogP) is 14.1. The molecule has 7 heteroatoms. The molecule has 0 aliphatic carbocycles. The van der Waals surface area contributed by atoms with Gasteiger partial charge >= 0.3 is 0 Å². The second kappa shape index (κ2) is 12.4. The molecule has 0 spiro atoms. The van der Waals surface area contributed by atoms with Crippen LogP contribution in [0.3, 0.4) is 0 Å². The molecule has 0 unspecified atom stereocenters. The van der Waals surface area contributed by atoms with Gasteiger partial charge in [-0.25, -0.2) is 4.85 Å². The van der Waals surface area contributed by atoms with Gasteiger partial charge in [-0.05, 0) is 41.5 Å². The normalized spacial score (nSPS) is 11.9. The highest BCUT2D eigenvalue weighted by atomic mass is 16.3. The van der Waals surface area contributed by atoms with Crippen molar-refractivity contribution < 1.29 is 4.42 Å². The van der Waals surface area contributed by atoms with Crippen molar-refractivity contribution in [2.24, 2.45) is 0 Å². The van der Waals surface area contributed by atoms with E-state index in [4.69, 9.17) is 21.0 Å². The highest BCUT2D eigenvalue weighted by Gasteiger charge is 2.32. The second-order valence-corrected chi connectivity index (χ2v) is 15.4. The van der Waals surface area contributed by atoms with Crippen molar-refractivity contribution in [2.45, 2.75) is 0 Å². The smallest absolute Gasteiger partial charge is 0.220 e. The Kier molecular flexibility index (Phi) is 6.73. The second-order valence-electron chi connectivity index (χ2n) is 15.4. The molecule has 0 aliphatic rings. The van der Waals surface area contributed by atoms with E-state index in [9.17, 15) is 5.26 Å². The first kappa shape index (κ1) is 33.2. The molecule has 13 rings (SSSR count). The molecule has 61 heavy (non-hydrogen) atoms. The number of furan rings is 1. The Bertz CT molecular complexity index is 3980. The minimum atomic E-state index is 0.373. The van der Waals surface area contributed by atoms with E-state index in [1.54, 1.807) is 0 Å². The fourth-order valence-corrected chi connectivity index (χ4v) is 10.0. The molecule has 0 fully saturated rings. The Balaban J connectivity index is 1.31. The summed E-state index contributed by atoms with van der Waals surface area (Å²) < 4.78 is 11.0. The standard InChI is InChI=1S/C54H28N6O/c1-56-52-46(31-14-4-2-5-15-31)39(30-55)53(59-40-22-12-10-18-33(40)37-28-38-34-19-11-13-23-44(34)61-45(38)29-43(37)59)47(32-16-6-3-7-17-32)54(52)60-41-24-26-57-50-35-20-8-9-21-36(35)51-49(48(41)50)42(60)25-27-58-51/h2-29H. The zero-order valence-corrected chi connectivity index (χ0v) is 32.3. The van der Waals surface area contributed by atoms with Crippen molar-refractivity contribution in [3.05, 3.63) is 187 Å². The maximum Gasteiger partial charge on any atom is 0.220 e. The summed E-state index contributed by atoms with van der Waals surface area (Å²) in [5.41, 5.74) is 12.0. The van der Waals surface area contributed by atoms with Crippen LogP contribution in [0.4, 0.5) is 5.69 Å². The van der Waals surface area contributed by atoms with Gasteiger partial charge in [0.1, 0.15) is 17.2 Å². The number of fused-ring (bicyclic) bond motifs is 9. The van der Waals surface area contributed by atoms with Crippen LogP contribution in [0.5, 0.6) is 0 Å². The monoisotopic (exact) mass is 776 g/mol. The third kappa shape index (κ3) is 4.38. The van der Waals surface area contributed by atoms with Crippen molar-refractivity contribution in [1.29, 1.82) is 5.26 Å². The van der Waals surface area contributed by atoms with E-state index in [1.165, 1.54) is 0 Å². The lowest BCUT2D eigenvalue weighted by Gasteiger charge is -2.25. The molecule has 0 saturated heterocycles. The summed E-state index contributed by atoms with van der Waals surface area (Å²) in [6, 6.07) is 55.9. The molecular formula is C54H28N6O. The number of rotatable bonds is 4. The lowest BCUT2D eigenvalue weighted by Crippen LogP contribution is -2.08. The van der Waals surface area contributed by atoms with Gasteiger partial charge in [0.2, 0.25) is 5.69 Å². The molecule has 5 aromatic heterocycles. The summed E-state index contributed by atoms with van der Waals surface area (Å²) in [5, 5.41) is 19.8. The minimum Gasteiger partial charge on any atom is -0.456 e. The molecule has 0 bridgehead atoms. The molecular weight excluding hydrogens is 749 g/mol. The topological polar surface area (TPSA) is 76.9 Å². The van der Waals surface area contributed by atoms with Crippen molar-refractivity contribution >= 4 is 93.0 Å². The highest BCUT2D eigenvalue weighted by Crippen LogP contribution is 2.53. The average molecular weight is 777 g/mol. The van der Waals surface area contributed by atoms with Crippen LogP contribution < -0.4 is 0 Å². The van der Waals surface area contributed by atoms with E-state index in [0.717, 1.165) is 104 Å². The molecule has 0 amide bonds. The predicted molar refractivity (Wildman–Crippen MR) is 246 cm³/mol. The summed E-state index contributed by atoms with van der Waals surface area (Å²) in [6.07, 6.45) is 3.71. The first-order valence-electron chi connectivity index (χ1n) is 20.1. The molecule has 7 nitrogen and oxygen atoms in total. The van der Waals surface area contributed by atoms with Gasteiger partial charge in [-0.3, -0.25) is 9.97 Å². The van der Waals surface area contributed by atoms with Gasteiger partial charge in [-0.15, -0.1) is 0 Å². The third-order valence-electron chi connectivity index (χ3n) is 12.4. The zero-order chi connectivity index (χ0) is 40.3. The van der Waals surface area contributed by atoms with Crippen molar-refractivity contribution in [3.8, 4) is 39.7 Å². The lowest BCUT2D eigenvalue weighted by molar-refractivity contribution is 0.669. The number of hydrogen-bond donors (Lipinski definition) is 0. The molecule has 280 valence electrons. The van der Waals surface area contributed by atoms with Crippen LogP contribution >= 0.6 is 0 Å². The summed E-state index contributed by atoms with van der Waals surface area (Å²) >= 11 is 0. The molecule has 0 atom stereocenters. The van der Waals surface area contributed by atoms with E-state index in [2.05, 4.69) is 80.7 Å². The van der Waals surface area contributed by atoms with Gasteiger partial charge in [0.25, 0.3) is 0 Å². The number of para-hydroxylation sites is 2.